The Bertz CT molecular complexity index is 5190. The van der Waals surface area contributed by atoms with E-state index in [1.165, 1.54) is 42.7 Å². The molecule has 29 heteroatoms. The minimum Gasteiger partial charge on any atom is -0.682 e. The summed E-state index contributed by atoms with van der Waals surface area (Å²) < 4.78 is 32.1. The Hall–Kier alpha value is -11.2. The summed E-state index contributed by atoms with van der Waals surface area (Å²) in [6, 6.07) is 7.10. The van der Waals surface area contributed by atoms with Crippen molar-refractivity contribution in [1.29, 1.82) is 10.5 Å². The molecule has 10 rings (SSSR count). The first kappa shape index (κ1) is 102. The van der Waals surface area contributed by atoms with Gasteiger partial charge in [-0.15, -0.1) is 0 Å². The number of carboxylic acid groups (broad SMARTS) is 1. The van der Waals surface area contributed by atoms with Gasteiger partial charge in [0, 0.05) is 154 Å². The number of nitrogens with zero attached hydrogens (tertiary/aromatic N) is 8. The molecule has 1 saturated heterocycles. The van der Waals surface area contributed by atoms with E-state index in [2.05, 4.69) is 60.6 Å². The van der Waals surface area contributed by atoms with Crippen LogP contribution in [-0.4, -0.2) is 163 Å². The Balaban J connectivity index is 0.00000429. The Kier molecular flexibility index (Phi) is 35.8. The molecular formula is C97H125CoN12O16. The summed E-state index contributed by atoms with van der Waals surface area (Å²) in [5.41, 5.74) is 12.5. The summed E-state index contributed by atoms with van der Waals surface area (Å²) in [6.45, 7) is 42.6. The molecule has 1 unspecified atom stereocenters. The molecule has 9 atom stereocenters. The Morgan fingerprint density at radius 2 is 0.976 bits per heavy atom. The molecule has 16 bridgehead atoms. The molecule has 0 radical (unpaired) electrons. The predicted molar refractivity (Wildman–Crippen MR) is 481 cm³/mol. The number of methoxy groups -OCH3 is 6. The number of rotatable bonds is 37. The average Bonchev–Trinajstić information content (AvgIpc) is 1.52. The van der Waals surface area contributed by atoms with Gasteiger partial charge in [-0.1, -0.05) is 104 Å². The van der Waals surface area contributed by atoms with Crippen molar-refractivity contribution in [2.75, 3.05) is 55.7 Å². The SMILES string of the molecule is C=Cc1c(C)c2cc3[nH]c(cc4nc(cc5nc(cc1[nH]2)C(C)=C5CCC(=O)O)C(CCC(=O)NCCCCCCCCCCNC(=O)C[C@]1(C)/C2=C(\C)C5=N[C@@](C)(C6[N-]/C(=C(/C)C7=N/C(=C\C(=N2)[C@H]1CCC(=O)OC)C(C)(C)[C@@H]7CCC(=O)OC)[C@](C)(CCC(=O)OC)[C@H]6CC(=O)OC)[C@@](C)(CC(=O)OC)[C@@H]5CCC(=O)OC)=C4C)c(C)c3C=C.[C-]#N.[C-]#N.[Co+3]. The number of allylic oxidation sites excluding steroid dienone is 10. The van der Waals surface area contributed by atoms with E-state index in [-0.39, 0.29) is 112 Å². The molecule has 7 aliphatic rings. The van der Waals surface area contributed by atoms with Crippen LogP contribution >= 0.6 is 0 Å². The molecule has 126 heavy (non-hydrogen) atoms. The van der Waals surface area contributed by atoms with Crippen molar-refractivity contribution in [3.63, 3.8) is 0 Å². The first-order chi connectivity index (χ1) is 59.4. The molecule has 7 aliphatic heterocycles. The fourth-order valence-corrected chi connectivity index (χ4v) is 19.9. The van der Waals surface area contributed by atoms with Gasteiger partial charge in [0.15, 0.2) is 0 Å². The zero-order valence-electron chi connectivity index (χ0n) is 76.5. The van der Waals surface area contributed by atoms with Gasteiger partial charge in [-0.2, -0.15) is 5.70 Å². The van der Waals surface area contributed by atoms with Gasteiger partial charge < -0.3 is 83.1 Å². The summed E-state index contributed by atoms with van der Waals surface area (Å²) >= 11 is 0. The summed E-state index contributed by atoms with van der Waals surface area (Å²) in [4.78, 5) is 158. The van der Waals surface area contributed by atoms with Crippen molar-refractivity contribution < 1.29 is 93.5 Å². The number of nitrogens with one attached hydrogen (secondary N) is 4. The van der Waals surface area contributed by atoms with Crippen LogP contribution in [0.5, 0.6) is 0 Å². The molecule has 10 heterocycles. The minimum atomic E-state index is -1.43. The van der Waals surface area contributed by atoms with Crippen LogP contribution in [0.1, 0.15) is 262 Å². The number of aromatic amines is 2. The predicted octanol–water partition coefficient (Wildman–Crippen LogP) is 17.4. The van der Waals surface area contributed by atoms with Crippen LogP contribution in [0.25, 0.3) is 61.8 Å². The summed E-state index contributed by atoms with van der Waals surface area (Å²) in [6.07, 6.45) is 13.8. The first-order valence-electron chi connectivity index (χ1n) is 43.1. The number of aryl methyl sites for hydroxylation is 2. The maximum atomic E-state index is 15.1. The van der Waals surface area contributed by atoms with Gasteiger partial charge in [-0.05, 0) is 186 Å². The summed E-state index contributed by atoms with van der Waals surface area (Å²) in [5.74, 6) is -6.75. The van der Waals surface area contributed by atoms with Crippen LogP contribution < -0.4 is 10.6 Å². The maximum absolute atomic E-state index is 15.1. The zero-order chi connectivity index (χ0) is 92.4. The summed E-state index contributed by atoms with van der Waals surface area (Å²) in [5, 5.41) is 34.5. The maximum Gasteiger partial charge on any atom is 3.00 e. The number of ether oxygens (including phenoxy) is 6. The molecule has 1 fully saturated rings. The fourth-order valence-electron chi connectivity index (χ4n) is 19.9. The topological polar surface area (TPSA) is 409 Å². The largest absolute Gasteiger partial charge is 3.00 e. The average molecular weight is 1770 g/mol. The normalized spacial score (nSPS) is 23.9. The van der Waals surface area contributed by atoms with E-state index >= 15 is 4.79 Å². The quantitative estimate of drug-likeness (QED) is 0.0155. The Morgan fingerprint density at radius 3 is 1.48 bits per heavy atom. The van der Waals surface area contributed by atoms with Crippen LogP contribution in [0.4, 0.5) is 0 Å². The van der Waals surface area contributed by atoms with Crippen LogP contribution in [0.2, 0.25) is 0 Å². The van der Waals surface area contributed by atoms with Gasteiger partial charge >= 0.3 is 58.6 Å². The number of aromatic nitrogens is 4. The molecule has 678 valence electrons. The van der Waals surface area contributed by atoms with Gasteiger partial charge in [0.05, 0.1) is 83.1 Å². The Morgan fingerprint density at radius 1 is 0.516 bits per heavy atom. The van der Waals surface area contributed by atoms with E-state index in [9.17, 15) is 43.5 Å². The number of amides is 2. The van der Waals surface area contributed by atoms with Gasteiger partial charge in [0.2, 0.25) is 11.8 Å². The van der Waals surface area contributed by atoms with E-state index in [0.29, 0.717) is 94.8 Å². The van der Waals surface area contributed by atoms with Crippen molar-refractivity contribution in [2.24, 2.45) is 60.3 Å². The van der Waals surface area contributed by atoms with Gasteiger partial charge in [0.25, 0.3) is 0 Å². The number of hydrogen-bond donors (Lipinski definition) is 5. The molecule has 0 aromatic carbocycles. The van der Waals surface area contributed by atoms with Crippen molar-refractivity contribution >= 4 is 127 Å². The monoisotopic (exact) mass is 1770 g/mol. The number of carbonyl (C=O) groups excluding carboxylic acids is 8. The van der Waals surface area contributed by atoms with E-state index < -0.39 is 98.7 Å². The van der Waals surface area contributed by atoms with E-state index in [4.69, 9.17) is 82.4 Å². The third-order valence-electron chi connectivity index (χ3n) is 27.5. The van der Waals surface area contributed by atoms with Crippen LogP contribution in [-0.2, 0) is 88.4 Å². The molecule has 0 saturated carbocycles. The summed E-state index contributed by atoms with van der Waals surface area (Å²) in [7, 11) is 7.92. The number of H-pyrrole nitrogens is 2. The van der Waals surface area contributed by atoms with Crippen LogP contribution in [0, 0.1) is 82.8 Å². The molecule has 28 nitrogen and oxygen atoms in total. The van der Waals surface area contributed by atoms with Crippen LogP contribution in [0.15, 0.2) is 86.7 Å². The number of aliphatic carboxylic acids is 1. The molecule has 3 aromatic heterocycles. The second-order valence-electron chi connectivity index (χ2n) is 35.0. The minimum absolute atomic E-state index is 0. The smallest absolute Gasteiger partial charge is 0.682 e. The number of carboxylic acids is 1. The number of esters is 6. The number of fused-ring (bicyclic) bond motifs is 14. The second kappa shape index (κ2) is 44.3. The number of carbonyl (C=O) groups is 9. The molecule has 0 spiro atoms. The van der Waals surface area contributed by atoms with Gasteiger partial charge in [-0.3, -0.25) is 58.1 Å². The van der Waals surface area contributed by atoms with E-state index in [1.807, 2.05) is 98.7 Å². The standard InChI is InChI=1S/C95H126N10O16.2CN.Co/c1-21-59-53(3)67-46-68-55(5)61(73(100-68)49-74-62(32-37-79(108)109)56(6)70(101-74)48-72-60(22-2)54(4)69(99-72)47-71(59)98-67)31-36-77(106)96-43-29-27-25-23-24-26-28-30-44-97-78(107)51-93(12)63(33-38-80(110)116-15)75-50-76-91(9,10)64(34-39-81(111)117-16)86(103-76)57(7)88-92(11,42-41-83(113)119-18)66(45-84(114)120-19)90(104-88)95(14)94(13,52-85(115)121-20)65(35-40-82(112)118-17)87(105-95)58(8)89(93)102-75;2*1-2;/h21-22,46-50,63-66,90H,1-2,23-45,51-52H2,3-20H3,(H6,96,97,98,99,100,101,102,103,104,105,106,107,108,109);;;/q;2*-1;+3/p-1/t63-,64-,65-,66+,90?,92-,93+,94+,95+;;;/m1.../s1. The molecular weight excluding hydrogens is 1650 g/mol. The molecule has 3 aromatic rings. The van der Waals surface area contributed by atoms with E-state index in [1.54, 1.807) is 0 Å². The molecule has 0 aliphatic carbocycles. The Labute approximate surface area is 751 Å². The van der Waals surface area contributed by atoms with Gasteiger partial charge in [-0.25, -0.2) is 9.97 Å². The van der Waals surface area contributed by atoms with Crippen LogP contribution in [0.3, 0.4) is 0 Å². The molecule has 5 N–H and O–H groups in total. The number of hydrogen-bond acceptors (Lipinski definition) is 22. The van der Waals surface area contributed by atoms with Crippen molar-refractivity contribution in [1.82, 2.24) is 30.6 Å². The van der Waals surface area contributed by atoms with E-state index in [0.717, 1.165) is 117 Å². The fraction of sp³-hybridized carbons (Fsp3) is 0.546. The number of aliphatic imine (C=N–C) groups is 3. The first-order valence-corrected chi connectivity index (χ1v) is 43.1. The third kappa shape index (κ3) is 21.7. The zero-order valence-corrected chi connectivity index (χ0v) is 77.5. The van der Waals surface area contributed by atoms with Crippen molar-refractivity contribution in [3.8, 4) is 0 Å². The molecule has 2 amide bonds. The van der Waals surface area contributed by atoms with Gasteiger partial charge in [0.1, 0.15) is 0 Å². The van der Waals surface area contributed by atoms with Crippen molar-refractivity contribution in [3.05, 3.63) is 135 Å². The number of unbranched alkanes of at least 4 members (excludes halogenated alkanes) is 7. The second-order valence-corrected chi connectivity index (χ2v) is 35.0. The van der Waals surface area contributed by atoms with Crippen molar-refractivity contribution in [2.45, 2.75) is 242 Å². The third-order valence-corrected chi connectivity index (χ3v) is 27.5.